The van der Waals surface area contributed by atoms with E-state index in [0.29, 0.717) is 17.3 Å². The fraction of sp³-hybridized carbons (Fsp3) is 0.125. The quantitative estimate of drug-likeness (QED) is 0.422. The standard InChI is InChI=1S/C24H21FN6O/c1-15-10-20(17-4-6-18(25)7-5-17)23-28-24(29-31(23)12-15)27-19-8-9-21(22(11-19)32-3)30-13-16(2)26-14-30/h4-14H,1-3H3,(H,27,29). The molecule has 2 aromatic carbocycles. The van der Waals surface area contributed by atoms with E-state index in [2.05, 4.69) is 20.4 Å². The lowest BCUT2D eigenvalue weighted by molar-refractivity contribution is 0.413. The van der Waals surface area contributed by atoms with Gasteiger partial charge >= 0.3 is 0 Å². The molecule has 7 nitrogen and oxygen atoms in total. The van der Waals surface area contributed by atoms with Crippen LogP contribution in [0, 0.1) is 19.7 Å². The van der Waals surface area contributed by atoms with E-state index in [4.69, 9.17) is 4.74 Å². The molecule has 0 fully saturated rings. The van der Waals surface area contributed by atoms with Crippen molar-refractivity contribution in [2.24, 2.45) is 0 Å². The first-order chi connectivity index (χ1) is 15.5. The van der Waals surface area contributed by atoms with Crippen LogP contribution in [0.15, 0.2) is 67.3 Å². The van der Waals surface area contributed by atoms with Crippen LogP contribution in [0.25, 0.3) is 22.5 Å². The molecule has 0 spiro atoms. The summed E-state index contributed by atoms with van der Waals surface area (Å²) >= 11 is 0. The number of pyridine rings is 1. The molecule has 0 amide bonds. The lowest BCUT2D eigenvalue weighted by Gasteiger charge is -2.11. The van der Waals surface area contributed by atoms with E-state index < -0.39 is 0 Å². The molecule has 5 aromatic rings. The van der Waals surface area contributed by atoms with Gasteiger partial charge in [0.05, 0.1) is 24.8 Å². The van der Waals surface area contributed by atoms with E-state index in [-0.39, 0.29) is 5.82 Å². The maximum absolute atomic E-state index is 13.4. The first-order valence-electron chi connectivity index (χ1n) is 10.1. The van der Waals surface area contributed by atoms with Crippen molar-refractivity contribution in [3.8, 4) is 22.6 Å². The molecule has 3 heterocycles. The largest absolute Gasteiger partial charge is 0.494 e. The van der Waals surface area contributed by atoms with Gasteiger partial charge in [0.2, 0.25) is 5.95 Å². The molecular formula is C24H21FN6O. The average molecular weight is 428 g/mol. The second-order valence-electron chi connectivity index (χ2n) is 7.58. The van der Waals surface area contributed by atoms with Gasteiger partial charge in [-0.15, -0.1) is 5.10 Å². The number of aromatic nitrogens is 5. The minimum Gasteiger partial charge on any atom is -0.494 e. The van der Waals surface area contributed by atoms with Crippen molar-refractivity contribution in [2.45, 2.75) is 13.8 Å². The molecule has 0 radical (unpaired) electrons. The Labute approximate surface area is 184 Å². The minimum absolute atomic E-state index is 0.274. The molecule has 3 aromatic heterocycles. The summed E-state index contributed by atoms with van der Waals surface area (Å²) in [6, 6.07) is 14.2. The Hall–Kier alpha value is -4.20. The van der Waals surface area contributed by atoms with Gasteiger partial charge in [-0.2, -0.15) is 4.98 Å². The molecule has 32 heavy (non-hydrogen) atoms. The number of ether oxygens (including phenoxy) is 1. The number of fused-ring (bicyclic) bond motifs is 1. The summed E-state index contributed by atoms with van der Waals surface area (Å²) in [6.45, 7) is 3.93. The van der Waals surface area contributed by atoms with Crippen molar-refractivity contribution in [1.29, 1.82) is 0 Å². The number of anilines is 2. The summed E-state index contributed by atoms with van der Waals surface area (Å²) < 4.78 is 22.6. The van der Waals surface area contributed by atoms with Gasteiger partial charge in [0.1, 0.15) is 11.6 Å². The molecule has 5 rings (SSSR count). The Balaban J connectivity index is 1.51. The predicted octanol–water partition coefficient (Wildman–Crippen LogP) is 5.09. The molecule has 0 aliphatic carbocycles. The second kappa shape index (κ2) is 7.81. The fourth-order valence-corrected chi connectivity index (χ4v) is 3.66. The Morgan fingerprint density at radius 1 is 1.00 bits per heavy atom. The lowest BCUT2D eigenvalue weighted by Crippen LogP contribution is -1.98. The van der Waals surface area contributed by atoms with Gasteiger partial charge in [-0.1, -0.05) is 12.1 Å². The summed E-state index contributed by atoms with van der Waals surface area (Å²) in [4.78, 5) is 8.95. The molecule has 0 saturated heterocycles. The number of hydrogen-bond acceptors (Lipinski definition) is 5. The van der Waals surface area contributed by atoms with Crippen LogP contribution in [0.1, 0.15) is 11.3 Å². The molecule has 0 saturated carbocycles. The Kier molecular flexibility index (Phi) is 4.82. The summed E-state index contributed by atoms with van der Waals surface area (Å²) in [6.07, 6.45) is 5.60. The van der Waals surface area contributed by atoms with Crippen molar-refractivity contribution in [3.05, 3.63) is 84.3 Å². The number of rotatable bonds is 5. The van der Waals surface area contributed by atoms with Crippen LogP contribution in [-0.4, -0.2) is 31.3 Å². The number of benzene rings is 2. The van der Waals surface area contributed by atoms with Gasteiger partial charge in [-0.25, -0.2) is 13.9 Å². The SMILES string of the molecule is COc1cc(Nc2nc3c(-c4ccc(F)cc4)cc(C)cn3n2)ccc1-n1cnc(C)c1. The van der Waals surface area contributed by atoms with E-state index in [1.165, 1.54) is 12.1 Å². The summed E-state index contributed by atoms with van der Waals surface area (Å²) in [5.41, 5.74) is 6.07. The fourth-order valence-electron chi connectivity index (χ4n) is 3.66. The molecule has 8 heteroatoms. The summed E-state index contributed by atoms with van der Waals surface area (Å²) in [5.74, 6) is 0.871. The van der Waals surface area contributed by atoms with Gasteiger partial charge in [0.25, 0.3) is 0 Å². The smallest absolute Gasteiger partial charge is 0.247 e. The zero-order valence-electron chi connectivity index (χ0n) is 17.9. The Morgan fingerprint density at radius 2 is 1.81 bits per heavy atom. The number of halogens is 1. The first-order valence-corrected chi connectivity index (χ1v) is 10.1. The highest BCUT2D eigenvalue weighted by Crippen LogP contribution is 2.30. The first kappa shape index (κ1) is 19.7. The number of aryl methyl sites for hydroxylation is 2. The molecule has 1 N–H and O–H groups in total. The highest BCUT2D eigenvalue weighted by atomic mass is 19.1. The van der Waals surface area contributed by atoms with Gasteiger partial charge < -0.3 is 14.6 Å². The monoisotopic (exact) mass is 428 g/mol. The number of hydrogen-bond donors (Lipinski definition) is 1. The van der Waals surface area contributed by atoms with Crippen LogP contribution in [0.3, 0.4) is 0 Å². The topological polar surface area (TPSA) is 69.3 Å². The molecule has 0 atom stereocenters. The number of methoxy groups -OCH3 is 1. The van der Waals surface area contributed by atoms with Crippen molar-refractivity contribution in [2.75, 3.05) is 12.4 Å². The van der Waals surface area contributed by atoms with Gasteiger partial charge in [-0.05, 0) is 55.3 Å². The lowest BCUT2D eigenvalue weighted by atomic mass is 10.1. The van der Waals surface area contributed by atoms with Gasteiger partial charge in [-0.3, -0.25) is 0 Å². The van der Waals surface area contributed by atoms with Crippen molar-refractivity contribution < 1.29 is 9.13 Å². The predicted molar refractivity (Wildman–Crippen MR) is 121 cm³/mol. The van der Waals surface area contributed by atoms with Gasteiger partial charge in [0.15, 0.2) is 5.65 Å². The Morgan fingerprint density at radius 3 is 2.53 bits per heavy atom. The molecular weight excluding hydrogens is 407 g/mol. The molecule has 0 unspecified atom stereocenters. The molecule has 0 aliphatic rings. The van der Waals surface area contributed by atoms with Crippen LogP contribution < -0.4 is 10.1 Å². The van der Waals surface area contributed by atoms with Crippen LogP contribution in [0.5, 0.6) is 5.75 Å². The van der Waals surface area contributed by atoms with E-state index in [1.807, 2.05) is 55.1 Å². The zero-order chi connectivity index (χ0) is 22.2. The maximum Gasteiger partial charge on any atom is 0.247 e. The Bertz CT molecular complexity index is 1420. The number of nitrogens with zero attached hydrogens (tertiary/aromatic N) is 5. The minimum atomic E-state index is -0.274. The third kappa shape index (κ3) is 3.66. The van der Waals surface area contributed by atoms with Crippen LogP contribution >= 0.6 is 0 Å². The van der Waals surface area contributed by atoms with Crippen LogP contribution in [-0.2, 0) is 0 Å². The second-order valence-corrected chi connectivity index (χ2v) is 7.58. The normalized spacial score (nSPS) is 11.1. The highest BCUT2D eigenvalue weighted by Gasteiger charge is 2.13. The van der Waals surface area contributed by atoms with Crippen molar-refractivity contribution in [3.63, 3.8) is 0 Å². The van der Waals surface area contributed by atoms with E-state index in [0.717, 1.165) is 33.8 Å². The zero-order valence-corrected chi connectivity index (χ0v) is 17.9. The van der Waals surface area contributed by atoms with Crippen molar-refractivity contribution in [1.82, 2.24) is 24.1 Å². The van der Waals surface area contributed by atoms with Crippen LogP contribution in [0.2, 0.25) is 0 Å². The van der Waals surface area contributed by atoms with E-state index in [1.54, 1.807) is 30.1 Å². The molecule has 160 valence electrons. The third-order valence-electron chi connectivity index (χ3n) is 5.15. The van der Waals surface area contributed by atoms with Crippen LogP contribution in [0.4, 0.5) is 16.0 Å². The summed E-state index contributed by atoms with van der Waals surface area (Å²) in [5, 5.41) is 7.83. The molecule has 0 bridgehead atoms. The van der Waals surface area contributed by atoms with E-state index in [9.17, 15) is 4.39 Å². The van der Waals surface area contributed by atoms with Crippen molar-refractivity contribution >= 4 is 17.3 Å². The maximum atomic E-state index is 13.4. The number of nitrogens with one attached hydrogen (secondary N) is 1. The van der Waals surface area contributed by atoms with E-state index >= 15 is 0 Å². The average Bonchev–Trinajstić information content (AvgIpc) is 3.39. The molecule has 0 aliphatic heterocycles. The van der Waals surface area contributed by atoms with Gasteiger partial charge in [0, 0.05) is 29.7 Å². The number of imidazole rings is 1. The summed E-state index contributed by atoms with van der Waals surface area (Å²) in [7, 11) is 1.63. The highest BCUT2D eigenvalue weighted by molar-refractivity contribution is 5.79. The third-order valence-corrected chi connectivity index (χ3v) is 5.15.